The Morgan fingerprint density at radius 1 is 1.18 bits per heavy atom. The van der Waals surface area contributed by atoms with Gasteiger partial charge in [0.05, 0.1) is 36.1 Å². The van der Waals surface area contributed by atoms with Crippen LogP contribution < -0.4 is 10.9 Å². The van der Waals surface area contributed by atoms with E-state index in [1.807, 2.05) is 0 Å². The van der Waals surface area contributed by atoms with Gasteiger partial charge in [0.25, 0.3) is 11.5 Å². The first-order valence-corrected chi connectivity index (χ1v) is 10.8. The molecule has 1 atom stereocenters. The number of fused-ring (bicyclic) bond motifs is 1. The van der Waals surface area contributed by atoms with Crippen LogP contribution in [0.5, 0.6) is 0 Å². The number of hydrogen-bond acceptors (Lipinski definition) is 3. The lowest BCUT2D eigenvalue weighted by Gasteiger charge is -2.22. The Bertz CT molecular complexity index is 1410. The molecule has 33 heavy (non-hydrogen) atoms. The summed E-state index contributed by atoms with van der Waals surface area (Å²) < 4.78 is 35.1. The maximum atomic E-state index is 14.8. The summed E-state index contributed by atoms with van der Waals surface area (Å²) in [6, 6.07) is 11.8. The maximum absolute atomic E-state index is 14.8. The molecule has 0 radical (unpaired) electrons. The Hall–Kier alpha value is -3.74. The van der Waals surface area contributed by atoms with E-state index >= 15 is 0 Å². The summed E-state index contributed by atoms with van der Waals surface area (Å²) in [5.41, 5.74) is 1.55. The fourth-order valence-electron chi connectivity index (χ4n) is 4.43. The number of rotatable bonds is 6. The van der Waals surface area contributed by atoms with Gasteiger partial charge in [-0.2, -0.15) is 0 Å². The summed E-state index contributed by atoms with van der Waals surface area (Å²) in [5.74, 6) is -1.28. The monoisotopic (exact) mass is 448 g/mol. The maximum Gasteiger partial charge on any atom is 0.261 e. The minimum Gasteiger partial charge on any atom is -0.472 e. The molecular weight excluding hydrogens is 426 g/mol. The lowest BCUT2D eigenvalue weighted by Crippen LogP contribution is -2.34. The first-order chi connectivity index (χ1) is 15.9. The van der Waals surface area contributed by atoms with Gasteiger partial charge in [0.15, 0.2) is 0 Å². The highest BCUT2D eigenvalue weighted by atomic mass is 19.1. The van der Waals surface area contributed by atoms with Gasteiger partial charge >= 0.3 is 0 Å². The highest BCUT2D eigenvalue weighted by Gasteiger charge is 2.34. The predicted molar refractivity (Wildman–Crippen MR) is 120 cm³/mol. The van der Waals surface area contributed by atoms with Crippen LogP contribution in [0.25, 0.3) is 10.8 Å². The van der Waals surface area contributed by atoms with Crippen LogP contribution >= 0.6 is 0 Å². The van der Waals surface area contributed by atoms with Gasteiger partial charge in [-0.3, -0.25) is 9.59 Å². The molecular formula is C26H22F2N2O3. The molecule has 168 valence electrons. The van der Waals surface area contributed by atoms with E-state index in [0.717, 1.165) is 18.4 Å². The van der Waals surface area contributed by atoms with Gasteiger partial charge in [0.1, 0.15) is 11.6 Å². The largest absolute Gasteiger partial charge is 0.472 e. The fourth-order valence-corrected chi connectivity index (χ4v) is 4.43. The third-order valence-electron chi connectivity index (χ3n) is 6.24. The van der Waals surface area contributed by atoms with Crippen LogP contribution in [0, 0.1) is 24.5 Å². The summed E-state index contributed by atoms with van der Waals surface area (Å²) >= 11 is 0. The van der Waals surface area contributed by atoms with E-state index in [1.165, 1.54) is 41.4 Å². The standard InChI is InChI=1S/C26H22F2N2O3/c1-15-22(25(31)29-24(17-8-9-17)18-4-2-5-19(27)12-18)20-6-3-7-21(28)23(20)26(32)30(15)13-16-10-11-33-14-16/h2-7,10-12,14,17,24H,8-9,13H2,1H3,(H,29,31)/t24-/m0/s1. The van der Waals surface area contributed by atoms with Crippen LogP contribution in [0.1, 0.15) is 46.1 Å². The molecule has 0 unspecified atom stereocenters. The van der Waals surface area contributed by atoms with Gasteiger partial charge in [-0.15, -0.1) is 0 Å². The molecule has 5 rings (SSSR count). The normalized spacial score (nSPS) is 14.4. The summed E-state index contributed by atoms with van der Waals surface area (Å²) in [5, 5.41) is 3.16. The second-order valence-corrected chi connectivity index (χ2v) is 8.49. The smallest absolute Gasteiger partial charge is 0.261 e. The van der Waals surface area contributed by atoms with Gasteiger partial charge in [0.2, 0.25) is 0 Å². The molecule has 5 nitrogen and oxygen atoms in total. The van der Waals surface area contributed by atoms with E-state index in [1.54, 1.807) is 31.2 Å². The van der Waals surface area contributed by atoms with E-state index in [9.17, 15) is 18.4 Å². The number of nitrogens with zero attached hydrogens (tertiary/aromatic N) is 1. The molecule has 1 saturated carbocycles. The number of amides is 1. The fraction of sp³-hybridized carbons (Fsp3) is 0.231. The number of carbonyl (C=O) groups excluding carboxylic acids is 1. The summed E-state index contributed by atoms with van der Waals surface area (Å²) in [4.78, 5) is 26.8. The van der Waals surface area contributed by atoms with E-state index in [4.69, 9.17) is 4.42 Å². The molecule has 0 aliphatic heterocycles. The summed E-state index contributed by atoms with van der Waals surface area (Å²) in [6.45, 7) is 1.82. The van der Waals surface area contributed by atoms with E-state index in [2.05, 4.69) is 5.32 Å². The van der Waals surface area contributed by atoms with Crippen LogP contribution in [-0.2, 0) is 6.54 Å². The first kappa shape index (κ1) is 21.1. The number of pyridine rings is 1. The molecule has 1 fully saturated rings. The van der Waals surface area contributed by atoms with Crippen LogP contribution in [0.2, 0.25) is 0 Å². The molecule has 2 aromatic carbocycles. The Labute approximate surface area is 188 Å². The Morgan fingerprint density at radius 3 is 2.67 bits per heavy atom. The van der Waals surface area contributed by atoms with Gasteiger partial charge < -0.3 is 14.3 Å². The van der Waals surface area contributed by atoms with Crippen molar-refractivity contribution >= 4 is 16.7 Å². The van der Waals surface area contributed by atoms with E-state index < -0.39 is 17.3 Å². The summed E-state index contributed by atoms with van der Waals surface area (Å²) in [6.07, 6.45) is 4.85. The average molecular weight is 448 g/mol. The molecule has 2 aromatic heterocycles. The zero-order chi connectivity index (χ0) is 23.1. The number of halogens is 2. The molecule has 1 amide bonds. The second kappa shape index (κ2) is 8.31. The van der Waals surface area contributed by atoms with Crippen molar-refractivity contribution in [3.8, 4) is 0 Å². The predicted octanol–water partition coefficient (Wildman–Crippen LogP) is 5.11. The SMILES string of the molecule is Cc1c(C(=O)N[C@H](c2cccc(F)c2)C2CC2)c2cccc(F)c2c(=O)n1Cc1ccoc1. The van der Waals surface area contributed by atoms with Crippen molar-refractivity contribution < 1.29 is 18.0 Å². The molecule has 1 N–H and O–H groups in total. The molecule has 4 aromatic rings. The van der Waals surface area contributed by atoms with E-state index in [0.29, 0.717) is 11.3 Å². The zero-order valence-electron chi connectivity index (χ0n) is 18.0. The Kier molecular flexibility index (Phi) is 5.32. The number of carbonyl (C=O) groups is 1. The molecule has 1 aliphatic carbocycles. The van der Waals surface area contributed by atoms with Gasteiger partial charge in [0, 0.05) is 16.6 Å². The van der Waals surface area contributed by atoms with Crippen molar-refractivity contribution in [2.45, 2.75) is 32.4 Å². The number of hydrogen-bond donors (Lipinski definition) is 1. The highest BCUT2D eigenvalue weighted by Crippen LogP contribution is 2.41. The van der Waals surface area contributed by atoms with Crippen molar-refractivity contribution in [1.29, 1.82) is 0 Å². The molecule has 2 heterocycles. The number of furan rings is 1. The molecule has 0 bridgehead atoms. The topological polar surface area (TPSA) is 64.2 Å². The van der Waals surface area contributed by atoms with Gasteiger partial charge in [-0.25, -0.2) is 8.78 Å². The van der Waals surface area contributed by atoms with Crippen molar-refractivity contribution in [3.05, 3.63) is 105 Å². The van der Waals surface area contributed by atoms with Crippen LogP contribution in [0.15, 0.2) is 70.3 Å². The lowest BCUT2D eigenvalue weighted by atomic mass is 9.99. The number of nitrogens with one attached hydrogen (secondary N) is 1. The third-order valence-corrected chi connectivity index (χ3v) is 6.24. The zero-order valence-corrected chi connectivity index (χ0v) is 18.0. The molecule has 0 spiro atoms. The Morgan fingerprint density at radius 2 is 1.97 bits per heavy atom. The van der Waals surface area contributed by atoms with Crippen molar-refractivity contribution in [3.63, 3.8) is 0 Å². The number of benzene rings is 2. The third kappa shape index (κ3) is 3.95. The second-order valence-electron chi connectivity index (χ2n) is 8.49. The van der Waals surface area contributed by atoms with Crippen molar-refractivity contribution in [2.24, 2.45) is 5.92 Å². The van der Waals surface area contributed by atoms with Gasteiger partial charge in [-0.05, 0) is 55.5 Å². The molecule has 7 heteroatoms. The van der Waals surface area contributed by atoms with Gasteiger partial charge in [-0.1, -0.05) is 24.3 Å². The molecule has 1 aliphatic rings. The Balaban J connectivity index is 1.62. The summed E-state index contributed by atoms with van der Waals surface area (Å²) in [7, 11) is 0. The average Bonchev–Trinajstić information content (AvgIpc) is 3.50. The van der Waals surface area contributed by atoms with Crippen LogP contribution in [0.3, 0.4) is 0 Å². The molecule has 0 saturated heterocycles. The van der Waals surface area contributed by atoms with Crippen LogP contribution in [-0.4, -0.2) is 10.5 Å². The quantitative estimate of drug-likeness (QED) is 0.446. The highest BCUT2D eigenvalue weighted by molar-refractivity contribution is 6.08. The minimum absolute atomic E-state index is 0.134. The number of aromatic nitrogens is 1. The first-order valence-electron chi connectivity index (χ1n) is 10.8. The van der Waals surface area contributed by atoms with Crippen LogP contribution in [0.4, 0.5) is 8.78 Å². The van der Waals surface area contributed by atoms with E-state index in [-0.39, 0.29) is 40.7 Å². The van der Waals surface area contributed by atoms with Crippen molar-refractivity contribution in [2.75, 3.05) is 0 Å². The lowest BCUT2D eigenvalue weighted by molar-refractivity contribution is 0.0931. The van der Waals surface area contributed by atoms with Crippen molar-refractivity contribution in [1.82, 2.24) is 9.88 Å². The minimum atomic E-state index is -0.684.